The molecule has 0 fully saturated rings. The first-order valence-corrected chi connectivity index (χ1v) is 3.86. The second-order valence-electron chi connectivity index (χ2n) is 2.02. The molecule has 0 unspecified atom stereocenters. The van der Waals surface area contributed by atoms with E-state index in [1.54, 1.807) is 12.1 Å². The molecule has 1 N–H and O–H groups in total. The van der Waals surface area contributed by atoms with Crippen molar-refractivity contribution in [1.82, 2.24) is 10.2 Å². The molecule has 0 atom stereocenters. The van der Waals surface area contributed by atoms with Crippen molar-refractivity contribution in [3.8, 4) is 11.7 Å². The summed E-state index contributed by atoms with van der Waals surface area (Å²) < 4.78 is 10.3. The predicted molar refractivity (Wildman–Crippen MR) is 42.5 cm³/mol. The number of furan rings is 1. The number of halogens is 1. The second-order valence-corrected chi connectivity index (χ2v) is 2.80. The molecule has 2 aromatic rings. The number of nitrogens with zero attached hydrogens (tertiary/aromatic N) is 1. The van der Waals surface area contributed by atoms with Crippen LogP contribution in [0.4, 0.5) is 0 Å². The molecule has 0 saturated heterocycles. The van der Waals surface area contributed by atoms with Gasteiger partial charge >= 0.3 is 5.76 Å². The predicted octanol–water partition coefficient (Wildman–Crippen LogP) is 1.39. The van der Waals surface area contributed by atoms with Crippen LogP contribution in [0.1, 0.15) is 0 Å². The summed E-state index contributed by atoms with van der Waals surface area (Å²) in [5, 5.41) is 5.71. The lowest BCUT2D eigenvalue weighted by molar-refractivity contribution is 0.485. The Labute approximate surface area is 74.5 Å². The minimum atomic E-state index is -0.600. The summed E-state index contributed by atoms with van der Waals surface area (Å²) in [5.41, 5.74) is 0. The third-order valence-corrected chi connectivity index (χ3v) is 1.65. The normalized spacial score (nSPS) is 10.4. The van der Waals surface area contributed by atoms with Gasteiger partial charge in [0.05, 0.1) is 0 Å². The van der Waals surface area contributed by atoms with Gasteiger partial charge in [-0.05, 0) is 28.1 Å². The van der Waals surface area contributed by atoms with Gasteiger partial charge in [-0.1, -0.05) is 0 Å². The minimum absolute atomic E-state index is 0.144. The van der Waals surface area contributed by atoms with Crippen molar-refractivity contribution in [2.45, 2.75) is 0 Å². The van der Waals surface area contributed by atoms with E-state index in [1.807, 2.05) is 0 Å². The van der Waals surface area contributed by atoms with Crippen LogP contribution in [-0.2, 0) is 0 Å². The highest BCUT2D eigenvalue weighted by atomic mass is 79.9. The highest BCUT2D eigenvalue weighted by Gasteiger charge is 2.08. The highest BCUT2D eigenvalue weighted by molar-refractivity contribution is 9.10. The molecule has 0 bridgehead atoms. The number of hydrogen-bond donors (Lipinski definition) is 1. The number of rotatable bonds is 1. The molecule has 0 saturated carbocycles. The molecular weight excluding hydrogens is 228 g/mol. The topological polar surface area (TPSA) is 72.0 Å². The lowest BCUT2D eigenvalue weighted by atomic mass is 10.5. The molecule has 0 aliphatic rings. The fourth-order valence-electron chi connectivity index (χ4n) is 0.764. The Morgan fingerprint density at radius 2 is 2.25 bits per heavy atom. The van der Waals surface area contributed by atoms with Gasteiger partial charge in [0, 0.05) is 0 Å². The smallest absolute Gasteiger partial charge is 0.434 e. The van der Waals surface area contributed by atoms with E-state index in [2.05, 4.69) is 30.5 Å². The molecule has 2 heterocycles. The molecule has 0 aliphatic carbocycles. The largest absolute Gasteiger partial charge is 0.444 e. The third-order valence-electron chi connectivity index (χ3n) is 1.22. The van der Waals surface area contributed by atoms with Crippen LogP contribution in [0.25, 0.3) is 11.7 Å². The van der Waals surface area contributed by atoms with Crippen molar-refractivity contribution < 1.29 is 8.83 Å². The van der Waals surface area contributed by atoms with E-state index in [0.29, 0.717) is 10.4 Å². The van der Waals surface area contributed by atoms with E-state index < -0.39 is 5.76 Å². The summed E-state index contributed by atoms with van der Waals surface area (Å²) in [6, 6.07) is 3.33. The summed E-state index contributed by atoms with van der Waals surface area (Å²) in [7, 11) is 0. The molecule has 5 nitrogen and oxygen atoms in total. The van der Waals surface area contributed by atoms with Crippen molar-refractivity contribution in [3.05, 3.63) is 27.4 Å². The zero-order chi connectivity index (χ0) is 8.55. The van der Waals surface area contributed by atoms with E-state index in [1.165, 1.54) is 0 Å². The third kappa shape index (κ3) is 1.20. The van der Waals surface area contributed by atoms with Crippen LogP contribution < -0.4 is 5.76 Å². The molecule has 0 radical (unpaired) electrons. The Hall–Kier alpha value is -1.30. The fourth-order valence-corrected chi connectivity index (χ4v) is 1.07. The number of hydrogen-bond acceptors (Lipinski definition) is 4. The van der Waals surface area contributed by atoms with Gasteiger partial charge in [-0.15, -0.1) is 5.10 Å². The first kappa shape index (κ1) is 7.35. The number of aromatic nitrogens is 2. The summed E-state index contributed by atoms with van der Waals surface area (Å²) in [6.45, 7) is 0. The minimum Gasteiger partial charge on any atom is -0.444 e. The zero-order valence-electron chi connectivity index (χ0n) is 5.70. The first-order valence-electron chi connectivity index (χ1n) is 3.07. The van der Waals surface area contributed by atoms with Gasteiger partial charge in [0.25, 0.3) is 5.89 Å². The summed E-state index contributed by atoms with van der Waals surface area (Å²) >= 11 is 3.11. The van der Waals surface area contributed by atoms with E-state index in [0.717, 1.165) is 0 Å². The maximum Gasteiger partial charge on any atom is 0.434 e. The van der Waals surface area contributed by atoms with Crippen LogP contribution in [0, 0.1) is 0 Å². The van der Waals surface area contributed by atoms with Crippen molar-refractivity contribution in [3.63, 3.8) is 0 Å². The molecular formula is C6H3BrN2O3. The van der Waals surface area contributed by atoms with E-state index in [4.69, 9.17) is 4.42 Å². The molecule has 0 aromatic carbocycles. The first-order chi connectivity index (χ1) is 5.75. The summed E-state index contributed by atoms with van der Waals surface area (Å²) in [5.74, 6) is -0.0524. The summed E-state index contributed by atoms with van der Waals surface area (Å²) in [4.78, 5) is 10.5. The molecule has 0 amide bonds. The average Bonchev–Trinajstić information content (AvgIpc) is 2.58. The van der Waals surface area contributed by atoms with Gasteiger partial charge in [0.15, 0.2) is 10.4 Å². The molecule has 62 valence electrons. The fraction of sp³-hybridized carbons (Fsp3) is 0. The SMILES string of the molecule is O=c1[nH]nc(-c2ccc(Br)o2)o1. The van der Waals surface area contributed by atoms with Gasteiger partial charge in [0.2, 0.25) is 0 Å². The van der Waals surface area contributed by atoms with Crippen LogP contribution in [0.5, 0.6) is 0 Å². The van der Waals surface area contributed by atoms with E-state index >= 15 is 0 Å². The van der Waals surface area contributed by atoms with Crippen molar-refractivity contribution in [2.24, 2.45) is 0 Å². The number of aromatic amines is 1. The van der Waals surface area contributed by atoms with Gasteiger partial charge in [-0.3, -0.25) is 0 Å². The molecule has 2 aromatic heterocycles. The van der Waals surface area contributed by atoms with Crippen LogP contribution >= 0.6 is 15.9 Å². The van der Waals surface area contributed by atoms with Crippen molar-refractivity contribution >= 4 is 15.9 Å². The second kappa shape index (κ2) is 2.63. The van der Waals surface area contributed by atoms with Crippen LogP contribution in [0.15, 0.2) is 30.4 Å². The van der Waals surface area contributed by atoms with Crippen molar-refractivity contribution in [1.29, 1.82) is 0 Å². The Morgan fingerprint density at radius 3 is 2.75 bits per heavy atom. The molecule has 6 heteroatoms. The van der Waals surface area contributed by atoms with Crippen LogP contribution in [-0.4, -0.2) is 10.2 Å². The van der Waals surface area contributed by atoms with Gasteiger partial charge in [0.1, 0.15) is 0 Å². The Kier molecular flexibility index (Phi) is 1.61. The van der Waals surface area contributed by atoms with Crippen LogP contribution in [0.2, 0.25) is 0 Å². The number of nitrogens with one attached hydrogen (secondary N) is 1. The van der Waals surface area contributed by atoms with Gasteiger partial charge in [-0.2, -0.15) is 0 Å². The molecule has 0 spiro atoms. The monoisotopic (exact) mass is 230 g/mol. The standard InChI is InChI=1S/C6H3BrN2O3/c7-4-2-1-3(11-4)5-8-9-6(10)12-5/h1-2H,(H,9,10). The van der Waals surface area contributed by atoms with Crippen LogP contribution in [0.3, 0.4) is 0 Å². The highest BCUT2D eigenvalue weighted by Crippen LogP contribution is 2.21. The average molecular weight is 231 g/mol. The Morgan fingerprint density at radius 1 is 1.42 bits per heavy atom. The zero-order valence-corrected chi connectivity index (χ0v) is 7.29. The molecule has 12 heavy (non-hydrogen) atoms. The molecule has 2 rings (SSSR count). The maximum absolute atomic E-state index is 10.5. The van der Waals surface area contributed by atoms with E-state index in [-0.39, 0.29) is 5.89 Å². The summed E-state index contributed by atoms with van der Waals surface area (Å²) in [6.07, 6.45) is 0. The Balaban J connectivity index is 2.50. The van der Waals surface area contributed by atoms with Gasteiger partial charge in [-0.25, -0.2) is 9.89 Å². The molecule has 0 aliphatic heterocycles. The quantitative estimate of drug-likeness (QED) is 0.804. The van der Waals surface area contributed by atoms with E-state index in [9.17, 15) is 4.79 Å². The maximum atomic E-state index is 10.5. The van der Waals surface area contributed by atoms with Gasteiger partial charge < -0.3 is 8.83 Å². The lowest BCUT2D eigenvalue weighted by Crippen LogP contribution is -1.93. The van der Waals surface area contributed by atoms with Crippen molar-refractivity contribution in [2.75, 3.05) is 0 Å². The Bertz CT molecular complexity index is 441. The number of H-pyrrole nitrogens is 1. The lowest BCUT2D eigenvalue weighted by Gasteiger charge is -1.82.